The molecule has 0 aliphatic carbocycles. The van der Waals surface area contributed by atoms with Crippen LogP contribution in [0.1, 0.15) is 48.3 Å². The van der Waals surface area contributed by atoms with E-state index in [4.69, 9.17) is 0 Å². The van der Waals surface area contributed by atoms with Crippen LogP contribution < -0.4 is 5.32 Å². The normalized spacial score (nSPS) is 12.9. The molecule has 2 aromatic rings. The zero-order valence-electron chi connectivity index (χ0n) is 13.1. The highest BCUT2D eigenvalue weighted by Gasteiger charge is 2.14. The van der Waals surface area contributed by atoms with Crippen LogP contribution in [-0.2, 0) is 6.42 Å². The van der Waals surface area contributed by atoms with Gasteiger partial charge in [0.05, 0.1) is 5.69 Å². The molecule has 2 rings (SSSR count). The van der Waals surface area contributed by atoms with Gasteiger partial charge in [0, 0.05) is 24.7 Å². The van der Waals surface area contributed by atoms with E-state index in [-0.39, 0.29) is 0 Å². The molecular formula is C17H25N3. The number of nitrogens with one attached hydrogen (secondary N) is 1. The average molecular weight is 271 g/mol. The average Bonchev–Trinajstić information content (AvgIpc) is 2.88. The Morgan fingerprint density at radius 1 is 1.20 bits per heavy atom. The van der Waals surface area contributed by atoms with Crippen molar-refractivity contribution in [3.63, 3.8) is 0 Å². The monoisotopic (exact) mass is 271 g/mol. The molecule has 3 heteroatoms. The predicted octanol–water partition coefficient (Wildman–Crippen LogP) is 3.58. The fraction of sp³-hybridized carbons (Fsp3) is 0.471. The first kappa shape index (κ1) is 14.8. The van der Waals surface area contributed by atoms with E-state index in [1.165, 1.54) is 16.7 Å². The molecule has 1 atom stereocenters. The number of rotatable bonds is 5. The van der Waals surface area contributed by atoms with E-state index in [1.54, 1.807) is 0 Å². The van der Waals surface area contributed by atoms with E-state index in [9.17, 15) is 0 Å². The number of aryl methyl sites for hydroxylation is 2. The van der Waals surface area contributed by atoms with Crippen LogP contribution in [0.4, 0.5) is 0 Å². The second-order valence-electron chi connectivity index (χ2n) is 5.79. The molecular weight excluding hydrogens is 246 g/mol. The molecule has 0 saturated heterocycles. The van der Waals surface area contributed by atoms with Crippen molar-refractivity contribution in [1.82, 2.24) is 15.1 Å². The first-order valence-electron chi connectivity index (χ1n) is 7.29. The topological polar surface area (TPSA) is 29.9 Å². The van der Waals surface area contributed by atoms with E-state index in [2.05, 4.69) is 68.6 Å². The smallest absolute Gasteiger partial charge is 0.0643 e. The zero-order chi connectivity index (χ0) is 14.7. The van der Waals surface area contributed by atoms with Gasteiger partial charge in [-0.3, -0.25) is 4.68 Å². The van der Waals surface area contributed by atoms with Gasteiger partial charge in [-0.05, 0) is 51.9 Å². The van der Waals surface area contributed by atoms with Crippen molar-refractivity contribution in [2.75, 3.05) is 7.05 Å². The molecule has 1 heterocycles. The van der Waals surface area contributed by atoms with Crippen LogP contribution in [0.5, 0.6) is 0 Å². The maximum absolute atomic E-state index is 4.65. The molecule has 0 amide bonds. The van der Waals surface area contributed by atoms with Crippen molar-refractivity contribution in [1.29, 1.82) is 0 Å². The molecule has 0 saturated carbocycles. The van der Waals surface area contributed by atoms with Gasteiger partial charge in [-0.1, -0.05) is 23.8 Å². The Bertz CT molecular complexity index is 569. The van der Waals surface area contributed by atoms with Gasteiger partial charge in [0.1, 0.15) is 0 Å². The minimum absolute atomic E-state index is 0.311. The van der Waals surface area contributed by atoms with Crippen LogP contribution >= 0.6 is 0 Å². The van der Waals surface area contributed by atoms with E-state index in [0.29, 0.717) is 12.1 Å². The van der Waals surface area contributed by atoms with Crippen LogP contribution in [0, 0.1) is 13.8 Å². The molecule has 108 valence electrons. The highest BCUT2D eigenvalue weighted by molar-refractivity contribution is 5.33. The lowest BCUT2D eigenvalue weighted by molar-refractivity contribution is 0.514. The number of benzene rings is 1. The van der Waals surface area contributed by atoms with Gasteiger partial charge in [0.2, 0.25) is 0 Å². The Kier molecular flexibility index (Phi) is 4.61. The summed E-state index contributed by atoms with van der Waals surface area (Å²) in [5.41, 5.74) is 5.14. The van der Waals surface area contributed by atoms with Gasteiger partial charge < -0.3 is 5.32 Å². The molecule has 1 aromatic carbocycles. The minimum atomic E-state index is 0.311. The van der Waals surface area contributed by atoms with Crippen molar-refractivity contribution in [2.45, 2.75) is 46.2 Å². The summed E-state index contributed by atoms with van der Waals surface area (Å²) in [6.07, 6.45) is 2.98. The number of nitrogens with zero attached hydrogens (tertiary/aromatic N) is 2. The van der Waals surface area contributed by atoms with Crippen molar-refractivity contribution in [2.24, 2.45) is 0 Å². The zero-order valence-corrected chi connectivity index (χ0v) is 13.1. The summed E-state index contributed by atoms with van der Waals surface area (Å²) in [6, 6.07) is 9.48. The lowest BCUT2D eigenvalue weighted by Crippen LogP contribution is -2.20. The van der Waals surface area contributed by atoms with E-state index in [0.717, 1.165) is 12.1 Å². The Balaban J connectivity index is 2.21. The lowest BCUT2D eigenvalue weighted by atomic mass is 9.96. The SMILES string of the molecule is CNC(Cc1ccn(C(C)C)n1)c1cc(C)ccc1C. The first-order valence-corrected chi connectivity index (χ1v) is 7.29. The van der Waals surface area contributed by atoms with Gasteiger partial charge in [-0.2, -0.15) is 5.10 Å². The number of hydrogen-bond acceptors (Lipinski definition) is 2. The third-order valence-electron chi connectivity index (χ3n) is 3.76. The second kappa shape index (κ2) is 6.23. The van der Waals surface area contributed by atoms with Crippen molar-refractivity contribution in [3.8, 4) is 0 Å². The predicted molar refractivity (Wildman–Crippen MR) is 84.0 cm³/mol. The van der Waals surface area contributed by atoms with Crippen molar-refractivity contribution in [3.05, 3.63) is 52.8 Å². The molecule has 0 aliphatic rings. The molecule has 1 unspecified atom stereocenters. The molecule has 0 radical (unpaired) electrons. The van der Waals surface area contributed by atoms with Crippen LogP contribution in [-0.4, -0.2) is 16.8 Å². The third-order valence-corrected chi connectivity index (χ3v) is 3.76. The Labute approximate surface area is 122 Å². The van der Waals surface area contributed by atoms with Gasteiger partial charge in [0.25, 0.3) is 0 Å². The quantitative estimate of drug-likeness (QED) is 0.900. The summed E-state index contributed by atoms with van der Waals surface area (Å²) in [5, 5.41) is 8.08. The number of hydrogen-bond donors (Lipinski definition) is 1. The Hall–Kier alpha value is -1.61. The fourth-order valence-electron chi connectivity index (χ4n) is 2.49. The maximum Gasteiger partial charge on any atom is 0.0643 e. The Morgan fingerprint density at radius 3 is 2.55 bits per heavy atom. The van der Waals surface area contributed by atoms with Crippen molar-refractivity contribution < 1.29 is 0 Å². The van der Waals surface area contributed by atoms with Crippen LogP contribution in [0.2, 0.25) is 0 Å². The largest absolute Gasteiger partial charge is 0.313 e. The first-order chi connectivity index (χ1) is 9.51. The van der Waals surface area contributed by atoms with Gasteiger partial charge in [0.15, 0.2) is 0 Å². The van der Waals surface area contributed by atoms with Gasteiger partial charge in [-0.25, -0.2) is 0 Å². The standard InChI is InChI=1S/C17H25N3/c1-12(2)20-9-8-15(19-20)11-17(18-5)16-10-13(3)6-7-14(16)4/h6-10,12,17-18H,11H2,1-5H3. The van der Waals surface area contributed by atoms with Crippen LogP contribution in [0.3, 0.4) is 0 Å². The highest BCUT2D eigenvalue weighted by Crippen LogP contribution is 2.22. The third kappa shape index (κ3) is 3.28. The second-order valence-corrected chi connectivity index (χ2v) is 5.79. The summed E-state index contributed by atoms with van der Waals surface area (Å²) < 4.78 is 2.02. The minimum Gasteiger partial charge on any atom is -0.313 e. The van der Waals surface area contributed by atoms with Gasteiger partial charge >= 0.3 is 0 Å². The number of aromatic nitrogens is 2. The summed E-state index contributed by atoms with van der Waals surface area (Å²) in [7, 11) is 2.02. The van der Waals surface area contributed by atoms with E-state index >= 15 is 0 Å². The highest BCUT2D eigenvalue weighted by atomic mass is 15.3. The van der Waals surface area contributed by atoms with Crippen LogP contribution in [0.15, 0.2) is 30.5 Å². The van der Waals surface area contributed by atoms with Crippen LogP contribution in [0.25, 0.3) is 0 Å². The van der Waals surface area contributed by atoms with E-state index < -0.39 is 0 Å². The van der Waals surface area contributed by atoms with E-state index in [1.807, 2.05) is 11.7 Å². The lowest BCUT2D eigenvalue weighted by Gasteiger charge is -2.18. The molecule has 0 fully saturated rings. The number of likely N-dealkylation sites (N-methyl/N-ethyl adjacent to an activating group) is 1. The fourth-order valence-corrected chi connectivity index (χ4v) is 2.49. The molecule has 0 bridgehead atoms. The summed E-state index contributed by atoms with van der Waals surface area (Å²) in [6.45, 7) is 8.61. The molecule has 3 nitrogen and oxygen atoms in total. The molecule has 20 heavy (non-hydrogen) atoms. The Morgan fingerprint density at radius 2 is 1.95 bits per heavy atom. The molecule has 0 spiro atoms. The maximum atomic E-state index is 4.65. The molecule has 0 aliphatic heterocycles. The summed E-state index contributed by atoms with van der Waals surface area (Å²) >= 11 is 0. The molecule has 1 N–H and O–H groups in total. The summed E-state index contributed by atoms with van der Waals surface area (Å²) in [4.78, 5) is 0. The van der Waals surface area contributed by atoms with Gasteiger partial charge in [-0.15, -0.1) is 0 Å². The summed E-state index contributed by atoms with van der Waals surface area (Å²) in [5.74, 6) is 0. The van der Waals surface area contributed by atoms with Crippen molar-refractivity contribution >= 4 is 0 Å². The molecule has 1 aromatic heterocycles.